The van der Waals surface area contributed by atoms with Crippen LogP contribution in [0, 0.1) is 0 Å². The lowest BCUT2D eigenvalue weighted by atomic mass is 9.98. The number of ketones is 1. The zero-order chi connectivity index (χ0) is 24.4. The van der Waals surface area contributed by atoms with Crippen molar-refractivity contribution in [3.63, 3.8) is 0 Å². The predicted octanol–water partition coefficient (Wildman–Crippen LogP) is 1.34. The Kier molecular flexibility index (Phi) is 11.3. The molecule has 0 amide bonds. The number of allylic oxidation sites excluding steroid dienone is 1. The number of alkyl halides is 1. The molecule has 32 heavy (non-hydrogen) atoms. The Hall–Kier alpha value is -2.47. The van der Waals surface area contributed by atoms with Gasteiger partial charge in [-0.25, -0.2) is 0 Å². The molecule has 1 saturated heterocycles. The van der Waals surface area contributed by atoms with Crippen LogP contribution in [-0.4, -0.2) is 72.3 Å². The first-order valence-corrected chi connectivity index (χ1v) is 10.9. The van der Waals surface area contributed by atoms with Gasteiger partial charge in [0.2, 0.25) is 12.4 Å². The van der Waals surface area contributed by atoms with Crippen molar-refractivity contribution < 1.29 is 52.4 Å². The van der Waals surface area contributed by atoms with Gasteiger partial charge < -0.3 is 28.4 Å². The highest BCUT2D eigenvalue weighted by Crippen LogP contribution is 2.30. The number of Topliss-reactive ketones (excluding diaryl/α,β-unsaturated/α-hetero) is 1. The molecule has 0 aromatic heterocycles. The Labute approximate surface area is 193 Å². The highest BCUT2D eigenvalue weighted by Gasteiger charge is 2.53. The van der Waals surface area contributed by atoms with E-state index >= 15 is 0 Å². The third-order valence-corrected chi connectivity index (χ3v) is 4.72. The van der Waals surface area contributed by atoms with Gasteiger partial charge >= 0.3 is 23.9 Å². The third kappa shape index (κ3) is 8.58. The molecule has 1 fully saturated rings. The lowest BCUT2D eigenvalue weighted by Crippen LogP contribution is -2.62. The Morgan fingerprint density at radius 3 is 1.84 bits per heavy atom. The van der Waals surface area contributed by atoms with E-state index in [1.54, 1.807) is 6.92 Å². The second-order valence-corrected chi connectivity index (χ2v) is 7.32. The summed E-state index contributed by atoms with van der Waals surface area (Å²) < 4.78 is 32.2. The molecule has 12 heteroatoms. The molecular formula is C20H27BrO11. The first-order chi connectivity index (χ1) is 15.0. The summed E-state index contributed by atoms with van der Waals surface area (Å²) in [5.41, 5.74) is 0.278. The van der Waals surface area contributed by atoms with Crippen LogP contribution in [0.2, 0.25) is 0 Å². The van der Waals surface area contributed by atoms with Crippen molar-refractivity contribution in [3.05, 3.63) is 11.8 Å². The molecule has 0 spiro atoms. The molecule has 0 saturated carbocycles. The quantitative estimate of drug-likeness (QED) is 0.135. The standard InChI is InChI=1S/C20H27BrO11/c1-6-15(26)14(7-21)8-28-20-19(31-13(5)25)18(30-12(4)24)17(29-11(3)23)16(32-20)9-27-10(2)22/h8,16-20H,6-7,9H2,1-5H3/b14-8-/t16-,17-,18+,19-,20-/m1/s1. The van der Waals surface area contributed by atoms with Crippen LogP contribution in [0.4, 0.5) is 0 Å². The van der Waals surface area contributed by atoms with Gasteiger partial charge in [-0.1, -0.05) is 22.9 Å². The van der Waals surface area contributed by atoms with Gasteiger partial charge in [-0.2, -0.15) is 0 Å². The van der Waals surface area contributed by atoms with Crippen LogP contribution in [0.25, 0.3) is 0 Å². The van der Waals surface area contributed by atoms with Crippen molar-refractivity contribution in [1.29, 1.82) is 0 Å². The van der Waals surface area contributed by atoms with Crippen molar-refractivity contribution in [2.45, 2.75) is 71.7 Å². The van der Waals surface area contributed by atoms with Crippen LogP contribution < -0.4 is 0 Å². The molecule has 0 aliphatic carbocycles. The van der Waals surface area contributed by atoms with Gasteiger partial charge in [0.25, 0.3) is 0 Å². The van der Waals surface area contributed by atoms with Crippen molar-refractivity contribution in [3.8, 4) is 0 Å². The summed E-state index contributed by atoms with van der Waals surface area (Å²) in [6.45, 7) is 5.83. The second-order valence-electron chi connectivity index (χ2n) is 6.76. The number of rotatable bonds is 10. The zero-order valence-electron chi connectivity index (χ0n) is 18.5. The smallest absolute Gasteiger partial charge is 0.303 e. The summed E-state index contributed by atoms with van der Waals surface area (Å²) in [6.07, 6.45) is -5.14. The van der Waals surface area contributed by atoms with Crippen LogP contribution in [0.5, 0.6) is 0 Å². The first-order valence-electron chi connectivity index (χ1n) is 9.74. The van der Waals surface area contributed by atoms with E-state index in [1.807, 2.05) is 0 Å². The molecule has 0 radical (unpaired) electrons. The van der Waals surface area contributed by atoms with Gasteiger partial charge in [-0.3, -0.25) is 24.0 Å². The second kappa shape index (κ2) is 13.2. The largest absolute Gasteiger partial charge is 0.468 e. The molecule has 11 nitrogen and oxygen atoms in total. The van der Waals surface area contributed by atoms with E-state index in [2.05, 4.69) is 15.9 Å². The maximum absolute atomic E-state index is 12.0. The highest BCUT2D eigenvalue weighted by atomic mass is 79.9. The number of hydrogen-bond donors (Lipinski definition) is 0. The molecule has 0 unspecified atom stereocenters. The average Bonchev–Trinajstić information content (AvgIpc) is 2.69. The molecule has 5 atom stereocenters. The minimum absolute atomic E-state index is 0.185. The van der Waals surface area contributed by atoms with Crippen molar-refractivity contribution in [2.24, 2.45) is 0 Å². The summed E-state index contributed by atoms with van der Waals surface area (Å²) in [7, 11) is 0. The van der Waals surface area contributed by atoms with Gasteiger partial charge in [0, 0.05) is 45.0 Å². The van der Waals surface area contributed by atoms with Crippen LogP contribution >= 0.6 is 15.9 Å². The molecule has 1 rings (SSSR count). The van der Waals surface area contributed by atoms with Crippen molar-refractivity contribution in [1.82, 2.24) is 0 Å². The summed E-state index contributed by atoms with van der Waals surface area (Å²) in [5, 5.41) is 0.185. The minimum Gasteiger partial charge on any atom is -0.468 e. The van der Waals surface area contributed by atoms with E-state index in [-0.39, 0.29) is 29.7 Å². The van der Waals surface area contributed by atoms with Gasteiger partial charge in [0.15, 0.2) is 18.0 Å². The highest BCUT2D eigenvalue weighted by molar-refractivity contribution is 9.09. The van der Waals surface area contributed by atoms with Crippen molar-refractivity contribution >= 4 is 45.6 Å². The summed E-state index contributed by atoms with van der Waals surface area (Å²) in [6, 6.07) is 0. The van der Waals surface area contributed by atoms with E-state index in [0.717, 1.165) is 27.0 Å². The monoisotopic (exact) mass is 522 g/mol. The van der Waals surface area contributed by atoms with Gasteiger partial charge in [-0.05, 0) is 0 Å². The van der Waals surface area contributed by atoms with Crippen LogP contribution in [0.1, 0.15) is 41.0 Å². The normalized spacial score (nSPS) is 25.3. The van der Waals surface area contributed by atoms with E-state index in [9.17, 15) is 24.0 Å². The van der Waals surface area contributed by atoms with Gasteiger partial charge in [-0.15, -0.1) is 0 Å². The maximum atomic E-state index is 12.0. The zero-order valence-corrected chi connectivity index (χ0v) is 20.0. The van der Waals surface area contributed by atoms with Gasteiger partial charge in [0.05, 0.1) is 6.26 Å². The molecule has 0 N–H and O–H groups in total. The maximum Gasteiger partial charge on any atom is 0.303 e. The van der Waals surface area contributed by atoms with Gasteiger partial charge in [0.1, 0.15) is 12.7 Å². The summed E-state index contributed by atoms with van der Waals surface area (Å²) in [4.78, 5) is 58.5. The lowest BCUT2D eigenvalue weighted by molar-refractivity contribution is -0.297. The number of carbonyl (C=O) groups is 5. The van der Waals surface area contributed by atoms with Crippen LogP contribution in [0.3, 0.4) is 0 Å². The predicted molar refractivity (Wildman–Crippen MR) is 110 cm³/mol. The molecule has 1 heterocycles. The first kappa shape index (κ1) is 27.6. The molecule has 0 bridgehead atoms. The fourth-order valence-corrected chi connectivity index (χ4v) is 3.29. The minimum atomic E-state index is -1.38. The number of carbonyl (C=O) groups excluding carboxylic acids is 5. The Morgan fingerprint density at radius 2 is 1.38 bits per heavy atom. The average molecular weight is 523 g/mol. The Bertz CT molecular complexity index is 748. The lowest BCUT2D eigenvalue weighted by Gasteiger charge is -2.43. The summed E-state index contributed by atoms with van der Waals surface area (Å²) in [5.74, 6) is -3.08. The Morgan fingerprint density at radius 1 is 0.844 bits per heavy atom. The van der Waals surface area contributed by atoms with Crippen LogP contribution in [-0.2, 0) is 52.4 Å². The third-order valence-electron chi connectivity index (χ3n) is 4.12. The number of esters is 4. The Balaban J connectivity index is 3.39. The SMILES string of the molecule is CCC(=O)/C(=C\O[C@@H]1O[C@H](COC(C)=O)[C@@H](OC(C)=O)[C@H](OC(C)=O)[C@H]1OC(C)=O)CBr. The molecule has 0 aromatic carbocycles. The van der Waals surface area contributed by atoms with Crippen molar-refractivity contribution in [2.75, 3.05) is 11.9 Å². The fraction of sp³-hybridized carbons (Fsp3) is 0.650. The van der Waals surface area contributed by atoms with E-state index < -0.39 is 54.6 Å². The van der Waals surface area contributed by atoms with E-state index in [1.165, 1.54) is 6.92 Å². The number of ether oxygens (including phenoxy) is 6. The molecule has 1 aliphatic rings. The molecular weight excluding hydrogens is 496 g/mol. The van der Waals surface area contributed by atoms with E-state index in [4.69, 9.17) is 28.4 Å². The molecule has 1 aliphatic heterocycles. The number of halogens is 1. The summed E-state index contributed by atoms with van der Waals surface area (Å²) >= 11 is 3.19. The fourth-order valence-electron chi connectivity index (χ4n) is 2.85. The van der Waals surface area contributed by atoms with E-state index in [0.29, 0.717) is 0 Å². The molecule has 0 aromatic rings. The van der Waals surface area contributed by atoms with Crippen LogP contribution in [0.15, 0.2) is 11.8 Å². The number of hydrogen-bond acceptors (Lipinski definition) is 11. The topological polar surface area (TPSA) is 141 Å². The molecule has 180 valence electrons.